The highest BCUT2D eigenvalue weighted by Gasteiger charge is 2.10. The molecular formula is C13H20N2O5. The summed E-state index contributed by atoms with van der Waals surface area (Å²) in [7, 11) is 0. The molecule has 0 aromatic heterocycles. The van der Waals surface area contributed by atoms with E-state index in [1.54, 1.807) is 6.07 Å². The number of nitrogens with one attached hydrogen (secondary N) is 1. The minimum absolute atomic E-state index is 0.0163. The summed E-state index contributed by atoms with van der Waals surface area (Å²) in [6.07, 6.45) is 0.834. The summed E-state index contributed by atoms with van der Waals surface area (Å²) in [6.45, 7) is 3.64. The topological polar surface area (TPSA) is 93.9 Å². The van der Waals surface area contributed by atoms with Crippen LogP contribution in [-0.2, 0) is 4.74 Å². The number of anilines is 1. The van der Waals surface area contributed by atoms with E-state index >= 15 is 0 Å². The molecule has 1 rings (SSSR count). The maximum atomic E-state index is 10.9. The smallest absolute Gasteiger partial charge is 0.275 e. The molecule has 0 heterocycles. The van der Waals surface area contributed by atoms with E-state index in [1.165, 1.54) is 12.1 Å². The first-order valence-electron chi connectivity index (χ1n) is 6.52. The van der Waals surface area contributed by atoms with Crippen molar-refractivity contribution in [3.63, 3.8) is 0 Å². The molecule has 2 N–H and O–H groups in total. The van der Waals surface area contributed by atoms with Gasteiger partial charge in [0.2, 0.25) is 0 Å². The second-order valence-electron chi connectivity index (χ2n) is 4.08. The highest BCUT2D eigenvalue weighted by Crippen LogP contribution is 2.26. The molecule has 0 bridgehead atoms. The van der Waals surface area contributed by atoms with Crippen LogP contribution in [0.25, 0.3) is 0 Å². The first-order valence-corrected chi connectivity index (χ1v) is 6.52. The zero-order chi connectivity index (χ0) is 14.8. The van der Waals surface area contributed by atoms with Gasteiger partial charge in [-0.3, -0.25) is 10.1 Å². The zero-order valence-corrected chi connectivity index (χ0v) is 11.5. The number of nitrogens with zero attached hydrogens (tertiary/aromatic N) is 1. The number of aliphatic hydroxyl groups is 1. The Balaban J connectivity index is 2.63. The van der Waals surface area contributed by atoms with Crippen LogP contribution in [0.3, 0.4) is 0 Å². The van der Waals surface area contributed by atoms with Gasteiger partial charge in [0, 0.05) is 24.4 Å². The van der Waals surface area contributed by atoms with Crippen molar-refractivity contribution in [3.8, 4) is 5.75 Å². The fourth-order valence-corrected chi connectivity index (χ4v) is 1.53. The van der Waals surface area contributed by atoms with Gasteiger partial charge in [0.05, 0.1) is 37.4 Å². The molecule has 0 unspecified atom stereocenters. The lowest BCUT2D eigenvalue weighted by Gasteiger charge is -2.10. The SMILES string of the molecule is CCCOc1cc(NCCOCCO)cc([N+](=O)[O-])c1. The molecule has 0 aliphatic heterocycles. The van der Waals surface area contributed by atoms with Crippen LogP contribution in [0, 0.1) is 10.1 Å². The minimum Gasteiger partial charge on any atom is -0.493 e. The quantitative estimate of drug-likeness (QED) is 0.386. The Hall–Kier alpha value is -1.86. The van der Waals surface area contributed by atoms with Crippen molar-refractivity contribution in [2.24, 2.45) is 0 Å². The first kappa shape index (κ1) is 16.2. The van der Waals surface area contributed by atoms with E-state index in [1.807, 2.05) is 6.92 Å². The van der Waals surface area contributed by atoms with Crippen LogP contribution in [0.4, 0.5) is 11.4 Å². The number of non-ortho nitro benzene ring substituents is 1. The monoisotopic (exact) mass is 284 g/mol. The highest BCUT2D eigenvalue weighted by molar-refractivity contribution is 5.56. The lowest BCUT2D eigenvalue weighted by molar-refractivity contribution is -0.384. The summed E-state index contributed by atoms with van der Waals surface area (Å²) < 4.78 is 10.5. The lowest BCUT2D eigenvalue weighted by Crippen LogP contribution is -2.11. The van der Waals surface area contributed by atoms with Crippen molar-refractivity contribution in [3.05, 3.63) is 28.3 Å². The third kappa shape index (κ3) is 5.85. The van der Waals surface area contributed by atoms with Gasteiger partial charge >= 0.3 is 0 Å². The minimum atomic E-state index is -0.452. The Kier molecular flexibility index (Phi) is 7.38. The van der Waals surface area contributed by atoms with E-state index in [0.717, 1.165) is 6.42 Å². The summed E-state index contributed by atoms with van der Waals surface area (Å²) in [5, 5.41) is 22.5. The zero-order valence-electron chi connectivity index (χ0n) is 11.5. The number of ether oxygens (including phenoxy) is 2. The van der Waals surface area contributed by atoms with Gasteiger partial charge in [-0.1, -0.05) is 6.92 Å². The van der Waals surface area contributed by atoms with Crippen LogP contribution in [0.5, 0.6) is 5.75 Å². The van der Waals surface area contributed by atoms with Crippen LogP contribution < -0.4 is 10.1 Å². The van der Waals surface area contributed by atoms with Gasteiger partial charge in [-0.2, -0.15) is 0 Å². The number of rotatable bonds is 10. The summed E-state index contributed by atoms with van der Waals surface area (Å²) >= 11 is 0. The molecule has 1 aromatic rings. The van der Waals surface area contributed by atoms with E-state index in [-0.39, 0.29) is 18.9 Å². The third-order valence-electron chi connectivity index (χ3n) is 2.39. The lowest BCUT2D eigenvalue weighted by atomic mass is 10.2. The molecule has 0 aliphatic rings. The molecule has 0 aliphatic carbocycles. The van der Waals surface area contributed by atoms with Gasteiger partial charge in [0.15, 0.2) is 0 Å². The predicted octanol–water partition coefficient (Wildman–Crippen LogP) is 1.80. The third-order valence-corrected chi connectivity index (χ3v) is 2.39. The molecule has 7 nitrogen and oxygen atoms in total. The Bertz CT molecular complexity index is 425. The Morgan fingerprint density at radius 3 is 2.75 bits per heavy atom. The molecule has 112 valence electrons. The van der Waals surface area contributed by atoms with Crippen molar-refractivity contribution >= 4 is 11.4 Å². The molecule has 0 spiro atoms. The van der Waals surface area contributed by atoms with Crippen molar-refractivity contribution in [1.29, 1.82) is 0 Å². The number of hydrogen-bond acceptors (Lipinski definition) is 6. The van der Waals surface area contributed by atoms with Gasteiger partial charge in [-0.25, -0.2) is 0 Å². The van der Waals surface area contributed by atoms with Gasteiger partial charge in [-0.05, 0) is 6.42 Å². The van der Waals surface area contributed by atoms with Crippen LogP contribution in [-0.4, -0.2) is 43.0 Å². The van der Waals surface area contributed by atoms with Crippen LogP contribution in [0.2, 0.25) is 0 Å². The fourth-order valence-electron chi connectivity index (χ4n) is 1.53. The van der Waals surface area contributed by atoms with Crippen LogP contribution >= 0.6 is 0 Å². The largest absolute Gasteiger partial charge is 0.493 e. The van der Waals surface area contributed by atoms with E-state index in [0.29, 0.717) is 31.2 Å². The van der Waals surface area contributed by atoms with Crippen LogP contribution in [0.1, 0.15) is 13.3 Å². The van der Waals surface area contributed by atoms with Crippen molar-refractivity contribution in [2.75, 3.05) is 38.3 Å². The highest BCUT2D eigenvalue weighted by atomic mass is 16.6. The molecule has 0 atom stereocenters. The molecule has 0 fully saturated rings. The summed E-state index contributed by atoms with van der Waals surface area (Å²) in [5.74, 6) is 0.472. The Labute approximate surface area is 117 Å². The van der Waals surface area contributed by atoms with E-state index in [9.17, 15) is 10.1 Å². The molecule has 0 amide bonds. The normalized spacial score (nSPS) is 10.3. The molecule has 0 saturated heterocycles. The average molecular weight is 284 g/mol. The second-order valence-corrected chi connectivity index (χ2v) is 4.08. The van der Waals surface area contributed by atoms with E-state index in [4.69, 9.17) is 14.6 Å². The molecule has 0 radical (unpaired) electrons. The summed E-state index contributed by atoms with van der Waals surface area (Å²) in [4.78, 5) is 10.4. The predicted molar refractivity (Wildman–Crippen MR) is 75.3 cm³/mol. The van der Waals surface area contributed by atoms with Crippen molar-refractivity contribution < 1.29 is 19.5 Å². The summed E-state index contributed by atoms with van der Waals surface area (Å²) in [6, 6.07) is 4.57. The molecular weight excluding hydrogens is 264 g/mol. The van der Waals surface area contributed by atoms with E-state index < -0.39 is 4.92 Å². The maximum Gasteiger partial charge on any atom is 0.275 e. The Morgan fingerprint density at radius 1 is 1.30 bits per heavy atom. The maximum absolute atomic E-state index is 10.9. The molecule has 20 heavy (non-hydrogen) atoms. The number of hydrogen-bond donors (Lipinski definition) is 2. The first-order chi connectivity index (χ1) is 9.67. The molecule has 0 saturated carbocycles. The van der Waals surface area contributed by atoms with Crippen molar-refractivity contribution in [1.82, 2.24) is 0 Å². The molecule has 7 heteroatoms. The summed E-state index contributed by atoms with van der Waals surface area (Å²) in [5.41, 5.74) is 0.593. The van der Waals surface area contributed by atoms with Crippen molar-refractivity contribution in [2.45, 2.75) is 13.3 Å². The molecule has 1 aromatic carbocycles. The van der Waals surface area contributed by atoms with Gasteiger partial charge < -0.3 is 19.9 Å². The van der Waals surface area contributed by atoms with Gasteiger partial charge in [0.1, 0.15) is 5.75 Å². The Morgan fingerprint density at radius 2 is 2.10 bits per heavy atom. The fraction of sp³-hybridized carbons (Fsp3) is 0.538. The standard InChI is InChI=1S/C13H20N2O5/c1-2-5-20-13-9-11(8-12(10-13)15(17)18)14-3-6-19-7-4-16/h8-10,14,16H,2-7H2,1H3. The number of nitro benzene ring substituents is 1. The number of aliphatic hydroxyl groups excluding tert-OH is 1. The van der Waals surface area contributed by atoms with Gasteiger partial charge in [-0.15, -0.1) is 0 Å². The van der Waals surface area contributed by atoms with Gasteiger partial charge in [0.25, 0.3) is 5.69 Å². The van der Waals surface area contributed by atoms with E-state index in [2.05, 4.69) is 5.32 Å². The van der Waals surface area contributed by atoms with Crippen LogP contribution in [0.15, 0.2) is 18.2 Å². The average Bonchev–Trinajstić information content (AvgIpc) is 2.44. The number of benzene rings is 1. The number of nitro groups is 1. The second kappa shape index (κ2) is 9.11.